The number of alkyl halides is 3. The highest BCUT2D eigenvalue weighted by atomic mass is 19.4. The summed E-state index contributed by atoms with van der Waals surface area (Å²) in [7, 11) is 0. The van der Waals surface area contributed by atoms with Crippen LogP contribution in [0.5, 0.6) is 0 Å². The van der Waals surface area contributed by atoms with Gasteiger partial charge in [-0.05, 0) is 37.3 Å². The van der Waals surface area contributed by atoms with E-state index >= 15 is 0 Å². The second-order valence-corrected chi connectivity index (χ2v) is 8.38. The van der Waals surface area contributed by atoms with Crippen LogP contribution in [0.2, 0.25) is 0 Å². The van der Waals surface area contributed by atoms with Crippen molar-refractivity contribution in [1.82, 2.24) is 15.2 Å². The van der Waals surface area contributed by atoms with E-state index in [0.29, 0.717) is 45.4 Å². The van der Waals surface area contributed by atoms with Gasteiger partial charge in [-0.2, -0.15) is 13.2 Å². The lowest BCUT2D eigenvalue weighted by Gasteiger charge is -2.42. The summed E-state index contributed by atoms with van der Waals surface area (Å²) in [6.07, 6.45) is -2.67. The third kappa shape index (κ3) is 4.46. The van der Waals surface area contributed by atoms with Gasteiger partial charge in [0.1, 0.15) is 5.82 Å². The summed E-state index contributed by atoms with van der Waals surface area (Å²) in [6.45, 7) is 5.52. The molecule has 0 unspecified atom stereocenters. The Morgan fingerprint density at radius 2 is 1.93 bits per heavy atom. The number of pyridine rings is 1. The summed E-state index contributed by atoms with van der Waals surface area (Å²) in [5.74, 6) is 0.305. The fourth-order valence-corrected chi connectivity index (χ4v) is 4.56. The quantitative estimate of drug-likeness (QED) is 0.769. The molecule has 2 aliphatic rings. The monoisotopic (exact) mass is 428 g/mol. The van der Waals surface area contributed by atoms with Crippen molar-refractivity contribution in [3.05, 3.63) is 23.9 Å². The molecular formula is C20H27F3N4O3. The van der Waals surface area contributed by atoms with E-state index in [-0.39, 0.29) is 23.7 Å². The van der Waals surface area contributed by atoms with Crippen molar-refractivity contribution in [3.63, 3.8) is 0 Å². The first-order valence-corrected chi connectivity index (χ1v) is 10.1. The van der Waals surface area contributed by atoms with Crippen LogP contribution in [0.4, 0.5) is 23.8 Å². The van der Waals surface area contributed by atoms with Crippen molar-refractivity contribution in [1.29, 1.82) is 0 Å². The molecule has 0 bridgehead atoms. The Labute approximate surface area is 173 Å². The van der Waals surface area contributed by atoms with Gasteiger partial charge >= 0.3 is 12.3 Å². The highest BCUT2D eigenvalue weighted by Gasteiger charge is 2.49. The molecule has 7 nitrogen and oxygen atoms in total. The second kappa shape index (κ2) is 8.31. The topological polar surface area (TPSA) is 85.8 Å². The lowest BCUT2D eigenvalue weighted by atomic mass is 9.74. The smallest absolute Gasteiger partial charge is 0.416 e. The fourth-order valence-electron chi connectivity index (χ4n) is 4.56. The van der Waals surface area contributed by atoms with E-state index in [2.05, 4.69) is 10.3 Å². The molecule has 10 heteroatoms. The van der Waals surface area contributed by atoms with E-state index in [1.54, 1.807) is 9.80 Å². The van der Waals surface area contributed by atoms with Gasteiger partial charge in [0.15, 0.2) is 0 Å². The molecule has 2 atom stereocenters. The van der Waals surface area contributed by atoms with Crippen LogP contribution in [-0.4, -0.2) is 59.2 Å². The molecule has 0 radical (unpaired) electrons. The number of hydrogen-bond donors (Lipinski definition) is 2. The number of halogens is 3. The zero-order chi connectivity index (χ0) is 22.1. The Hall–Kier alpha value is -2.52. The molecule has 1 saturated heterocycles. The number of aromatic nitrogens is 1. The maximum atomic E-state index is 13.4. The van der Waals surface area contributed by atoms with E-state index in [0.717, 1.165) is 18.3 Å². The number of nitrogens with zero attached hydrogens (tertiary/aromatic N) is 3. The maximum Gasteiger partial charge on any atom is 0.416 e. The van der Waals surface area contributed by atoms with Crippen LogP contribution in [0, 0.1) is 11.3 Å². The van der Waals surface area contributed by atoms with Gasteiger partial charge < -0.3 is 20.2 Å². The number of amides is 2. The predicted octanol–water partition coefficient (Wildman–Crippen LogP) is 3.21. The first-order chi connectivity index (χ1) is 14.0. The number of carbonyl (C=O) groups is 2. The van der Waals surface area contributed by atoms with E-state index in [4.69, 9.17) is 5.11 Å². The standard InChI is InChI=1S/C20H27F3N4O3/c1-13(2)19(5-3-15(12-19)25-18(29)30)17(28)27-9-7-26(8-10-27)16-11-14(4-6-24-16)20(21,22)23/h4,6,11,13,15,25H,3,5,7-10,12H2,1-2H3,(H,29,30)/t15-,19+/m1/s1. The summed E-state index contributed by atoms with van der Waals surface area (Å²) >= 11 is 0. The summed E-state index contributed by atoms with van der Waals surface area (Å²) in [5, 5.41) is 11.5. The van der Waals surface area contributed by atoms with Crippen molar-refractivity contribution in [3.8, 4) is 0 Å². The van der Waals surface area contributed by atoms with Crippen LogP contribution < -0.4 is 10.2 Å². The minimum Gasteiger partial charge on any atom is -0.465 e. The fraction of sp³-hybridized carbons (Fsp3) is 0.650. The lowest BCUT2D eigenvalue weighted by molar-refractivity contribution is -0.145. The van der Waals surface area contributed by atoms with Gasteiger partial charge in [-0.25, -0.2) is 9.78 Å². The number of carbonyl (C=O) groups excluding carboxylic acids is 1. The third-order valence-electron chi connectivity index (χ3n) is 6.37. The van der Waals surface area contributed by atoms with Crippen molar-refractivity contribution >= 4 is 17.8 Å². The number of rotatable bonds is 4. The maximum absolute atomic E-state index is 13.4. The lowest BCUT2D eigenvalue weighted by Crippen LogP contribution is -2.54. The molecule has 2 N–H and O–H groups in total. The molecule has 2 heterocycles. The van der Waals surface area contributed by atoms with Gasteiger partial charge in [-0.15, -0.1) is 0 Å². The number of nitrogens with one attached hydrogen (secondary N) is 1. The van der Waals surface area contributed by atoms with Crippen molar-refractivity contribution < 1.29 is 27.9 Å². The van der Waals surface area contributed by atoms with E-state index < -0.39 is 23.2 Å². The van der Waals surface area contributed by atoms with Crippen molar-refractivity contribution in [2.75, 3.05) is 31.1 Å². The largest absolute Gasteiger partial charge is 0.465 e. The second-order valence-electron chi connectivity index (χ2n) is 8.38. The van der Waals surface area contributed by atoms with Crippen molar-refractivity contribution in [2.24, 2.45) is 11.3 Å². The molecule has 3 rings (SSSR count). The molecule has 1 aliphatic carbocycles. The van der Waals surface area contributed by atoms with Gasteiger partial charge in [0.25, 0.3) is 0 Å². The van der Waals surface area contributed by atoms with Gasteiger partial charge in [0.05, 0.1) is 11.0 Å². The van der Waals surface area contributed by atoms with Crippen LogP contribution in [-0.2, 0) is 11.0 Å². The highest BCUT2D eigenvalue weighted by molar-refractivity contribution is 5.84. The molecule has 1 saturated carbocycles. The van der Waals surface area contributed by atoms with Crippen LogP contribution in [0.1, 0.15) is 38.7 Å². The molecule has 1 aromatic heterocycles. The molecule has 1 aromatic rings. The first kappa shape index (κ1) is 22.2. The molecule has 1 aliphatic heterocycles. The van der Waals surface area contributed by atoms with E-state index in [1.165, 1.54) is 0 Å². The summed E-state index contributed by atoms with van der Waals surface area (Å²) in [6, 6.07) is 1.73. The minimum absolute atomic E-state index is 0.00356. The number of hydrogen-bond acceptors (Lipinski definition) is 4. The van der Waals surface area contributed by atoms with Crippen LogP contribution in [0.25, 0.3) is 0 Å². The minimum atomic E-state index is -4.43. The molecule has 2 amide bonds. The first-order valence-electron chi connectivity index (χ1n) is 10.1. The molecule has 0 aromatic carbocycles. The SMILES string of the molecule is CC(C)[C@]1(C(=O)N2CCN(c3cc(C(F)(F)F)ccn3)CC2)CC[C@@H](NC(=O)O)C1. The van der Waals surface area contributed by atoms with E-state index in [9.17, 15) is 22.8 Å². The Morgan fingerprint density at radius 1 is 1.27 bits per heavy atom. The summed E-state index contributed by atoms with van der Waals surface area (Å²) < 4.78 is 38.9. The number of piperazine rings is 1. The molecule has 2 fully saturated rings. The Kier molecular flexibility index (Phi) is 6.14. The molecular weight excluding hydrogens is 401 g/mol. The van der Waals surface area contributed by atoms with Crippen LogP contribution in [0.15, 0.2) is 18.3 Å². The molecule has 0 spiro atoms. The zero-order valence-electron chi connectivity index (χ0n) is 17.1. The molecule has 30 heavy (non-hydrogen) atoms. The number of anilines is 1. The van der Waals surface area contributed by atoms with Gasteiger partial charge in [0, 0.05) is 38.4 Å². The zero-order valence-corrected chi connectivity index (χ0v) is 17.1. The van der Waals surface area contributed by atoms with Crippen molar-refractivity contribution in [2.45, 2.75) is 45.3 Å². The van der Waals surface area contributed by atoms with E-state index in [1.807, 2.05) is 13.8 Å². The number of carboxylic acid groups (broad SMARTS) is 1. The highest BCUT2D eigenvalue weighted by Crippen LogP contribution is 2.46. The Balaban J connectivity index is 1.67. The summed E-state index contributed by atoms with van der Waals surface area (Å²) in [5.41, 5.74) is -1.36. The van der Waals surface area contributed by atoms with Crippen LogP contribution in [0.3, 0.4) is 0 Å². The van der Waals surface area contributed by atoms with Gasteiger partial charge in [-0.1, -0.05) is 13.8 Å². The predicted molar refractivity (Wildman–Crippen MR) is 104 cm³/mol. The summed E-state index contributed by atoms with van der Waals surface area (Å²) in [4.78, 5) is 31.9. The normalized spacial score (nSPS) is 24.9. The Morgan fingerprint density at radius 3 is 2.50 bits per heavy atom. The molecule has 166 valence electrons. The average Bonchev–Trinajstić information content (AvgIpc) is 3.11. The Bertz CT molecular complexity index is 794. The average molecular weight is 428 g/mol. The third-order valence-corrected chi connectivity index (χ3v) is 6.37. The van der Waals surface area contributed by atoms with Gasteiger partial charge in [-0.3, -0.25) is 4.79 Å². The van der Waals surface area contributed by atoms with Crippen LogP contribution >= 0.6 is 0 Å². The van der Waals surface area contributed by atoms with Gasteiger partial charge in [0.2, 0.25) is 5.91 Å².